The maximum absolute atomic E-state index is 13.4. The number of aryl methyl sites for hydroxylation is 2. The van der Waals surface area contributed by atoms with Gasteiger partial charge >= 0.3 is 0 Å². The smallest absolute Gasteiger partial charge is 0.267 e. The molecular weight excluding hydrogens is 442 g/mol. The molecule has 0 aliphatic carbocycles. The number of carbonyl (C=O) groups excluding carboxylic acids is 3. The Morgan fingerprint density at radius 2 is 1.81 bits per heavy atom. The molecule has 0 radical (unpaired) electrons. The Hall–Kier alpha value is -2.97. The first-order chi connectivity index (χ1) is 15.3. The summed E-state index contributed by atoms with van der Waals surface area (Å²) < 4.78 is 0.454. The summed E-state index contributed by atoms with van der Waals surface area (Å²) >= 11 is 6.52. The molecule has 2 heterocycles. The molecule has 32 heavy (non-hydrogen) atoms. The van der Waals surface area contributed by atoms with Gasteiger partial charge in [0.1, 0.15) is 10.9 Å². The van der Waals surface area contributed by atoms with Crippen LogP contribution in [-0.2, 0) is 14.4 Å². The number of carbonyl (C=O) groups is 3. The minimum Gasteiger partial charge on any atom is -0.324 e. The first-order valence-electron chi connectivity index (χ1n) is 10.4. The van der Waals surface area contributed by atoms with E-state index < -0.39 is 0 Å². The molecule has 0 bridgehead atoms. The standard InChI is InChI=1S/C24H23N3O3S2/c1-4-11-26-23(30)21(32-24(26)31)20-16-7-5-6-8-18(16)27(22(20)29)13-19(28)25-17-10-9-14(2)12-15(17)3/h5-10,12H,4,11,13H2,1-3H3,(H,25,28). The molecule has 6 nitrogen and oxygen atoms in total. The van der Waals surface area contributed by atoms with Crippen molar-refractivity contribution in [1.29, 1.82) is 0 Å². The SMILES string of the molecule is CCCN1C(=O)C(=C2C(=O)N(CC(=O)Nc3ccc(C)cc3C)c3ccccc32)SC1=S. The van der Waals surface area contributed by atoms with Gasteiger partial charge in [-0.25, -0.2) is 0 Å². The van der Waals surface area contributed by atoms with Gasteiger partial charge in [-0.15, -0.1) is 0 Å². The van der Waals surface area contributed by atoms with Crippen LogP contribution in [0.3, 0.4) is 0 Å². The van der Waals surface area contributed by atoms with Gasteiger partial charge < -0.3 is 5.32 Å². The Kier molecular flexibility index (Phi) is 6.17. The number of nitrogens with one attached hydrogen (secondary N) is 1. The highest BCUT2D eigenvalue weighted by atomic mass is 32.2. The summed E-state index contributed by atoms with van der Waals surface area (Å²) in [4.78, 5) is 42.5. The number of hydrogen-bond donors (Lipinski definition) is 1. The number of thioether (sulfide) groups is 1. The summed E-state index contributed by atoms with van der Waals surface area (Å²) in [6.07, 6.45) is 0.768. The first kappa shape index (κ1) is 22.2. The molecule has 1 fully saturated rings. The topological polar surface area (TPSA) is 69.7 Å². The summed E-state index contributed by atoms with van der Waals surface area (Å²) in [5, 5.41) is 2.89. The molecular formula is C24H23N3O3S2. The van der Waals surface area contributed by atoms with Gasteiger partial charge in [0.05, 0.1) is 16.2 Å². The second-order valence-electron chi connectivity index (χ2n) is 7.80. The Morgan fingerprint density at radius 1 is 1.06 bits per heavy atom. The molecule has 3 amide bonds. The van der Waals surface area contributed by atoms with Crippen LogP contribution in [0, 0.1) is 13.8 Å². The van der Waals surface area contributed by atoms with Crippen molar-refractivity contribution in [2.45, 2.75) is 27.2 Å². The van der Waals surface area contributed by atoms with E-state index in [0.717, 1.165) is 29.3 Å². The van der Waals surface area contributed by atoms with Crippen LogP contribution in [-0.4, -0.2) is 40.0 Å². The van der Waals surface area contributed by atoms with Crippen LogP contribution in [0.15, 0.2) is 47.4 Å². The van der Waals surface area contributed by atoms with Crippen molar-refractivity contribution in [1.82, 2.24) is 4.90 Å². The van der Waals surface area contributed by atoms with E-state index in [9.17, 15) is 14.4 Å². The molecule has 164 valence electrons. The quantitative estimate of drug-likeness (QED) is 0.528. The number of anilines is 2. The second kappa shape index (κ2) is 8.88. The van der Waals surface area contributed by atoms with Crippen LogP contribution in [0.25, 0.3) is 5.57 Å². The molecule has 2 aromatic rings. The van der Waals surface area contributed by atoms with E-state index in [1.54, 1.807) is 12.1 Å². The Bertz CT molecular complexity index is 1190. The Balaban J connectivity index is 1.64. The van der Waals surface area contributed by atoms with Crippen molar-refractivity contribution in [3.8, 4) is 0 Å². The first-order valence-corrected chi connectivity index (χ1v) is 11.6. The van der Waals surface area contributed by atoms with Crippen LogP contribution in [0.5, 0.6) is 0 Å². The summed E-state index contributed by atoms with van der Waals surface area (Å²) in [6, 6.07) is 13.0. The lowest BCUT2D eigenvalue weighted by Crippen LogP contribution is -2.35. The number of thiocarbonyl (C=S) groups is 1. The number of fused-ring (bicyclic) bond motifs is 1. The summed E-state index contributed by atoms with van der Waals surface area (Å²) in [5.74, 6) is -0.916. The highest BCUT2D eigenvalue weighted by Crippen LogP contribution is 2.44. The fourth-order valence-corrected chi connectivity index (χ4v) is 5.29. The largest absolute Gasteiger partial charge is 0.324 e. The Labute approximate surface area is 196 Å². The lowest BCUT2D eigenvalue weighted by atomic mass is 10.1. The summed E-state index contributed by atoms with van der Waals surface area (Å²) in [5.41, 5.74) is 4.34. The van der Waals surface area contributed by atoms with Gasteiger partial charge in [-0.05, 0) is 38.0 Å². The molecule has 0 spiro atoms. The molecule has 2 aliphatic heterocycles. The average Bonchev–Trinajstić information content (AvgIpc) is 3.18. The lowest BCUT2D eigenvalue weighted by molar-refractivity contribution is -0.122. The summed E-state index contributed by atoms with van der Waals surface area (Å²) in [6.45, 7) is 6.25. The third kappa shape index (κ3) is 3.96. The van der Waals surface area contributed by atoms with E-state index >= 15 is 0 Å². The minimum absolute atomic E-state index is 0.151. The van der Waals surface area contributed by atoms with Crippen molar-refractivity contribution in [3.05, 3.63) is 64.1 Å². The molecule has 2 aromatic carbocycles. The van der Waals surface area contributed by atoms with Crippen LogP contribution < -0.4 is 10.2 Å². The monoisotopic (exact) mass is 465 g/mol. The molecule has 0 saturated carbocycles. The van der Waals surface area contributed by atoms with Crippen molar-refractivity contribution in [2.75, 3.05) is 23.3 Å². The minimum atomic E-state index is -0.362. The van der Waals surface area contributed by atoms with E-state index in [4.69, 9.17) is 12.2 Å². The number of benzene rings is 2. The number of rotatable bonds is 5. The predicted octanol–water partition coefficient (Wildman–Crippen LogP) is 4.27. The van der Waals surface area contributed by atoms with Crippen LogP contribution in [0.4, 0.5) is 11.4 Å². The van der Waals surface area contributed by atoms with E-state index in [0.29, 0.717) is 38.3 Å². The molecule has 0 aromatic heterocycles. The normalized spacial score (nSPS) is 17.9. The predicted molar refractivity (Wildman–Crippen MR) is 132 cm³/mol. The van der Waals surface area contributed by atoms with E-state index in [2.05, 4.69) is 5.32 Å². The van der Waals surface area contributed by atoms with Crippen LogP contribution in [0.1, 0.15) is 30.0 Å². The van der Waals surface area contributed by atoms with Gasteiger partial charge in [-0.2, -0.15) is 0 Å². The summed E-state index contributed by atoms with van der Waals surface area (Å²) in [7, 11) is 0. The van der Waals surface area contributed by atoms with Gasteiger partial charge in [0.25, 0.3) is 11.8 Å². The van der Waals surface area contributed by atoms with Crippen LogP contribution in [0.2, 0.25) is 0 Å². The van der Waals surface area contributed by atoms with Crippen molar-refractivity contribution < 1.29 is 14.4 Å². The van der Waals surface area contributed by atoms with Gasteiger partial charge in [0.15, 0.2) is 0 Å². The van der Waals surface area contributed by atoms with Crippen LogP contribution >= 0.6 is 24.0 Å². The third-order valence-corrected chi connectivity index (χ3v) is 6.85. The highest BCUT2D eigenvalue weighted by Gasteiger charge is 2.42. The maximum Gasteiger partial charge on any atom is 0.267 e. The van der Waals surface area contributed by atoms with Crippen molar-refractivity contribution in [2.24, 2.45) is 0 Å². The third-order valence-electron chi connectivity index (χ3n) is 5.40. The maximum atomic E-state index is 13.4. The van der Waals surface area contributed by atoms with E-state index in [-0.39, 0.29) is 24.3 Å². The molecule has 0 unspecified atom stereocenters. The van der Waals surface area contributed by atoms with Crippen molar-refractivity contribution in [3.63, 3.8) is 0 Å². The zero-order valence-electron chi connectivity index (χ0n) is 18.1. The number of hydrogen-bond acceptors (Lipinski definition) is 5. The zero-order chi connectivity index (χ0) is 23.0. The second-order valence-corrected chi connectivity index (χ2v) is 9.45. The molecule has 2 aliphatic rings. The zero-order valence-corrected chi connectivity index (χ0v) is 19.7. The number of amides is 3. The van der Waals surface area contributed by atoms with Gasteiger partial charge in [-0.3, -0.25) is 24.2 Å². The molecule has 1 N–H and O–H groups in total. The van der Waals surface area contributed by atoms with Gasteiger partial charge in [0, 0.05) is 17.8 Å². The van der Waals surface area contributed by atoms with Gasteiger partial charge in [-0.1, -0.05) is 66.8 Å². The molecule has 4 rings (SSSR count). The molecule has 0 atom stereocenters. The molecule has 8 heteroatoms. The van der Waals surface area contributed by atoms with E-state index in [1.807, 2.05) is 51.1 Å². The van der Waals surface area contributed by atoms with Crippen molar-refractivity contribution >= 4 is 63.0 Å². The van der Waals surface area contributed by atoms with Gasteiger partial charge in [0.2, 0.25) is 5.91 Å². The average molecular weight is 466 g/mol. The number of nitrogens with zero attached hydrogens (tertiary/aromatic N) is 2. The Morgan fingerprint density at radius 3 is 2.53 bits per heavy atom. The molecule has 1 saturated heterocycles. The number of para-hydroxylation sites is 1. The van der Waals surface area contributed by atoms with E-state index in [1.165, 1.54) is 9.80 Å². The highest BCUT2D eigenvalue weighted by molar-refractivity contribution is 8.26. The fraction of sp³-hybridized carbons (Fsp3) is 0.250. The lowest BCUT2D eigenvalue weighted by Gasteiger charge is -2.17. The fourth-order valence-electron chi connectivity index (χ4n) is 3.91.